The number of rotatable bonds is 3. The second-order valence-corrected chi connectivity index (χ2v) is 3.73. The molecule has 0 saturated heterocycles. The van der Waals surface area contributed by atoms with Crippen molar-refractivity contribution >= 4 is 11.9 Å². The maximum Gasteiger partial charge on any atom is 0.343 e. The van der Waals surface area contributed by atoms with Crippen LogP contribution in [0, 0.1) is 5.82 Å². The smallest absolute Gasteiger partial charge is 0.343 e. The van der Waals surface area contributed by atoms with E-state index in [1.165, 1.54) is 36.4 Å². The van der Waals surface area contributed by atoms with Crippen LogP contribution in [-0.2, 0) is 0 Å². The zero-order chi connectivity index (χ0) is 13.8. The molecule has 2 aromatic rings. The fourth-order valence-electron chi connectivity index (χ4n) is 1.44. The highest BCUT2D eigenvalue weighted by Crippen LogP contribution is 2.15. The first-order valence-corrected chi connectivity index (χ1v) is 5.37. The Balaban J connectivity index is 2.17. The van der Waals surface area contributed by atoms with Gasteiger partial charge in [0.25, 0.3) is 0 Å². The van der Waals surface area contributed by atoms with E-state index in [1.54, 1.807) is 0 Å². The number of aromatic carboxylic acids is 1. The number of benzene rings is 2. The molecule has 0 bridgehead atoms. The van der Waals surface area contributed by atoms with Gasteiger partial charge in [-0.05, 0) is 42.5 Å². The van der Waals surface area contributed by atoms with E-state index in [-0.39, 0.29) is 16.9 Å². The highest BCUT2D eigenvalue weighted by atomic mass is 19.1. The van der Waals surface area contributed by atoms with Crippen LogP contribution in [0.1, 0.15) is 20.7 Å². The molecule has 0 amide bonds. The summed E-state index contributed by atoms with van der Waals surface area (Å²) in [4.78, 5) is 22.5. The van der Waals surface area contributed by atoms with Crippen LogP contribution < -0.4 is 4.74 Å². The van der Waals surface area contributed by atoms with Crippen molar-refractivity contribution in [2.45, 2.75) is 0 Å². The Labute approximate surface area is 108 Å². The average molecular weight is 260 g/mol. The molecule has 0 aromatic heterocycles. The maximum atomic E-state index is 12.7. The predicted octanol–water partition coefficient (Wildman–Crippen LogP) is 2.74. The number of hydrogen-bond donors (Lipinski definition) is 1. The minimum Gasteiger partial charge on any atom is -0.478 e. The summed E-state index contributed by atoms with van der Waals surface area (Å²) in [5, 5.41) is 8.81. The van der Waals surface area contributed by atoms with Gasteiger partial charge >= 0.3 is 11.9 Å². The van der Waals surface area contributed by atoms with Gasteiger partial charge in [0.05, 0.1) is 11.1 Å². The Kier molecular flexibility index (Phi) is 3.56. The van der Waals surface area contributed by atoms with Gasteiger partial charge < -0.3 is 9.84 Å². The topological polar surface area (TPSA) is 63.6 Å². The van der Waals surface area contributed by atoms with Gasteiger partial charge in [-0.3, -0.25) is 0 Å². The van der Waals surface area contributed by atoms with Crippen LogP contribution in [0.2, 0.25) is 0 Å². The standard InChI is InChI=1S/C14H9FO4/c15-11-6-4-9(5-7-11)14(18)19-12-3-1-2-10(8-12)13(16)17/h1-8H,(H,16,17). The molecule has 0 heterocycles. The monoisotopic (exact) mass is 260 g/mol. The Morgan fingerprint density at radius 2 is 1.68 bits per heavy atom. The summed E-state index contributed by atoms with van der Waals surface area (Å²) in [7, 11) is 0. The van der Waals surface area contributed by atoms with Crippen LogP contribution in [0.25, 0.3) is 0 Å². The number of carbonyl (C=O) groups excluding carboxylic acids is 1. The number of halogens is 1. The van der Waals surface area contributed by atoms with Crippen molar-refractivity contribution in [3.8, 4) is 5.75 Å². The number of ether oxygens (including phenoxy) is 1. The molecule has 0 fully saturated rings. The van der Waals surface area contributed by atoms with E-state index >= 15 is 0 Å². The average Bonchev–Trinajstić information content (AvgIpc) is 2.39. The van der Waals surface area contributed by atoms with E-state index in [2.05, 4.69) is 0 Å². The van der Waals surface area contributed by atoms with Gasteiger partial charge in [0.2, 0.25) is 0 Å². The molecular formula is C14H9FO4. The van der Waals surface area contributed by atoms with Crippen molar-refractivity contribution in [1.82, 2.24) is 0 Å². The Hall–Kier alpha value is -2.69. The number of carbonyl (C=O) groups is 2. The molecule has 5 heteroatoms. The summed E-state index contributed by atoms with van der Waals surface area (Å²) in [5.74, 6) is -2.12. The summed E-state index contributed by atoms with van der Waals surface area (Å²) < 4.78 is 17.7. The van der Waals surface area contributed by atoms with Crippen molar-refractivity contribution in [3.63, 3.8) is 0 Å². The third kappa shape index (κ3) is 3.16. The molecule has 1 N–H and O–H groups in total. The SMILES string of the molecule is O=C(O)c1cccc(OC(=O)c2ccc(F)cc2)c1. The molecule has 19 heavy (non-hydrogen) atoms. The van der Waals surface area contributed by atoms with E-state index in [9.17, 15) is 14.0 Å². The molecule has 0 atom stereocenters. The third-order valence-electron chi connectivity index (χ3n) is 2.37. The Morgan fingerprint density at radius 1 is 1.00 bits per heavy atom. The van der Waals surface area contributed by atoms with Crippen LogP contribution in [-0.4, -0.2) is 17.0 Å². The van der Waals surface area contributed by atoms with Crippen molar-refractivity contribution in [2.75, 3.05) is 0 Å². The van der Waals surface area contributed by atoms with Crippen LogP contribution in [0.4, 0.5) is 4.39 Å². The van der Waals surface area contributed by atoms with Gasteiger partial charge in [0.15, 0.2) is 0 Å². The highest BCUT2D eigenvalue weighted by Gasteiger charge is 2.10. The number of hydrogen-bond acceptors (Lipinski definition) is 3. The lowest BCUT2D eigenvalue weighted by Gasteiger charge is -2.05. The molecule has 0 aliphatic heterocycles. The van der Waals surface area contributed by atoms with Gasteiger partial charge in [-0.25, -0.2) is 14.0 Å². The van der Waals surface area contributed by atoms with Crippen LogP contribution >= 0.6 is 0 Å². The molecule has 2 rings (SSSR count). The first-order valence-electron chi connectivity index (χ1n) is 5.37. The van der Waals surface area contributed by atoms with Crippen molar-refractivity contribution in [1.29, 1.82) is 0 Å². The molecular weight excluding hydrogens is 251 g/mol. The zero-order valence-corrected chi connectivity index (χ0v) is 9.67. The number of carboxylic acid groups (broad SMARTS) is 1. The van der Waals surface area contributed by atoms with Crippen LogP contribution in [0.3, 0.4) is 0 Å². The quantitative estimate of drug-likeness (QED) is 0.680. The molecule has 0 radical (unpaired) electrons. The maximum absolute atomic E-state index is 12.7. The van der Waals surface area contributed by atoms with E-state index < -0.39 is 17.8 Å². The van der Waals surface area contributed by atoms with Gasteiger partial charge in [-0.1, -0.05) is 6.07 Å². The summed E-state index contributed by atoms with van der Waals surface area (Å²) >= 11 is 0. The third-order valence-corrected chi connectivity index (χ3v) is 2.37. The van der Waals surface area contributed by atoms with E-state index in [4.69, 9.17) is 9.84 Å². The molecule has 2 aromatic carbocycles. The zero-order valence-electron chi connectivity index (χ0n) is 9.67. The first-order chi connectivity index (χ1) is 9.06. The second-order valence-electron chi connectivity index (χ2n) is 3.73. The Bertz CT molecular complexity index is 620. The molecule has 0 aliphatic carbocycles. The summed E-state index contributed by atoms with van der Waals surface area (Å²) in [6.07, 6.45) is 0. The lowest BCUT2D eigenvalue weighted by Crippen LogP contribution is -2.09. The number of carboxylic acids is 1. The second kappa shape index (κ2) is 5.30. The highest BCUT2D eigenvalue weighted by molar-refractivity contribution is 5.92. The first kappa shape index (κ1) is 12.8. The van der Waals surface area contributed by atoms with Crippen molar-refractivity contribution in [2.24, 2.45) is 0 Å². The van der Waals surface area contributed by atoms with E-state index in [0.717, 1.165) is 12.1 Å². The minimum absolute atomic E-state index is 0.0180. The summed E-state index contributed by atoms with van der Waals surface area (Å²) in [6.45, 7) is 0. The minimum atomic E-state index is -1.11. The molecule has 0 unspecified atom stereocenters. The molecule has 96 valence electrons. The molecule has 0 spiro atoms. The summed E-state index contributed by atoms with van der Waals surface area (Å²) in [5.41, 5.74) is 0.200. The van der Waals surface area contributed by atoms with E-state index in [0.29, 0.717) is 0 Å². The fourth-order valence-corrected chi connectivity index (χ4v) is 1.44. The molecule has 0 saturated carbocycles. The fraction of sp³-hybridized carbons (Fsp3) is 0. The van der Waals surface area contributed by atoms with E-state index in [1.807, 2.05) is 0 Å². The van der Waals surface area contributed by atoms with Crippen LogP contribution in [0.15, 0.2) is 48.5 Å². The lowest BCUT2D eigenvalue weighted by atomic mass is 10.2. The van der Waals surface area contributed by atoms with Gasteiger partial charge in [0, 0.05) is 0 Å². The van der Waals surface area contributed by atoms with Gasteiger partial charge in [0.1, 0.15) is 11.6 Å². The summed E-state index contributed by atoms with van der Waals surface area (Å²) in [6, 6.07) is 10.4. The Morgan fingerprint density at radius 3 is 2.32 bits per heavy atom. The van der Waals surface area contributed by atoms with Crippen LogP contribution in [0.5, 0.6) is 5.75 Å². The predicted molar refractivity (Wildman–Crippen MR) is 64.8 cm³/mol. The lowest BCUT2D eigenvalue weighted by molar-refractivity contribution is 0.0687. The molecule has 0 aliphatic rings. The van der Waals surface area contributed by atoms with Gasteiger partial charge in [-0.2, -0.15) is 0 Å². The normalized spacial score (nSPS) is 9.95. The van der Waals surface area contributed by atoms with Crippen molar-refractivity contribution in [3.05, 3.63) is 65.5 Å². The molecule has 4 nitrogen and oxygen atoms in total. The largest absolute Gasteiger partial charge is 0.478 e. The van der Waals surface area contributed by atoms with Crippen molar-refractivity contribution < 1.29 is 23.8 Å². The number of esters is 1. The van der Waals surface area contributed by atoms with Gasteiger partial charge in [-0.15, -0.1) is 0 Å².